The highest BCUT2D eigenvalue weighted by Crippen LogP contribution is 2.20. The Labute approximate surface area is 154 Å². The van der Waals surface area contributed by atoms with Gasteiger partial charge in [-0.1, -0.05) is 30.3 Å². The van der Waals surface area contributed by atoms with Crippen LogP contribution >= 0.6 is 0 Å². The molecule has 0 radical (unpaired) electrons. The predicted molar refractivity (Wildman–Crippen MR) is 97.4 cm³/mol. The molecule has 4 N–H and O–H groups in total. The Morgan fingerprint density at radius 1 is 1.07 bits per heavy atom. The first-order valence-corrected chi connectivity index (χ1v) is 8.18. The van der Waals surface area contributed by atoms with Gasteiger partial charge in [0, 0.05) is 24.4 Å². The lowest BCUT2D eigenvalue weighted by Gasteiger charge is -2.16. The van der Waals surface area contributed by atoms with Crippen LogP contribution in [0.15, 0.2) is 61.1 Å². The molecule has 136 valence electrons. The quantitative estimate of drug-likeness (QED) is 0.536. The van der Waals surface area contributed by atoms with Gasteiger partial charge in [0.25, 0.3) is 11.8 Å². The van der Waals surface area contributed by atoms with Crippen LogP contribution < -0.4 is 11.1 Å². The molecule has 0 saturated carbocycles. The van der Waals surface area contributed by atoms with Gasteiger partial charge in [-0.3, -0.25) is 24.5 Å². The van der Waals surface area contributed by atoms with Crippen molar-refractivity contribution in [3.63, 3.8) is 0 Å². The van der Waals surface area contributed by atoms with Crippen LogP contribution in [0.4, 0.5) is 0 Å². The summed E-state index contributed by atoms with van der Waals surface area (Å²) >= 11 is 0. The predicted octanol–water partition coefficient (Wildman–Crippen LogP) is 0.867. The number of nitrogens with one attached hydrogen (secondary N) is 2. The third kappa shape index (κ3) is 4.24. The molecule has 1 unspecified atom stereocenters. The van der Waals surface area contributed by atoms with Crippen LogP contribution in [0, 0.1) is 0 Å². The van der Waals surface area contributed by atoms with Gasteiger partial charge in [-0.25, -0.2) is 0 Å². The number of carbonyl (C=O) groups is 3. The first-order valence-electron chi connectivity index (χ1n) is 8.18. The number of primary amides is 1. The Bertz CT molecular complexity index is 954. The van der Waals surface area contributed by atoms with Gasteiger partial charge in [0.2, 0.25) is 5.78 Å². The Morgan fingerprint density at radius 2 is 1.85 bits per heavy atom. The topological polar surface area (TPSA) is 131 Å². The fourth-order valence-corrected chi connectivity index (χ4v) is 2.66. The first kappa shape index (κ1) is 18.0. The molecule has 2 amide bonds. The van der Waals surface area contributed by atoms with Crippen molar-refractivity contribution < 1.29 is 14.4 Å². The molecule has 8 nitrogen and oxygen atoms in total. The fourth-order valence-electron chi connectivity index (χ4n) is 2.66. The maximum atomic E-state index is 12.7. The number of rotatable bonds is 7. The number of benzene rings is 1. The van der Waals surface area contributed by atoms with E-state index in [2.05, 4.69) is 20.5 Å². The van der Waals surface area contributed by atoms with E-state index in [4.69, 9.17) is 5.73 Å². The molecular formula is C19H17N5O3. The van der Waals surface area contributed by atoms with Gasteiger partial charge in [0.1, 0.15) is 6.04 Å². The zero-order valence-corrected chi connectivity index (χ0v) is 14.3. The summed E-state index contributed by atoms with van der Waals surface area (Å²) in [7, 11) is 0. The number of aromatic amines is 1. The molecule has 3 rings (SSSR count). The van der Waals surface area contributed by atoms with Gasteiger partial charge in [0.15, 0.2) is 0 Å². The number of hydrogen-bond acceptors (Lipinski definition) is 5. The number of hydrogen-bond donors (Lipinski definition) is 3. The van der Waals surface area contributed by atoms with Crippen molar-refractivity contribution in [2.75, 3.05) is 0 Å². The molecule has 0 aliphatic heterocycles. The van der Waals surface area contributed by atoms with Crippen LogP contribution in [0.3, 0.4) is 0 Å². The highest BCUT2D eigenvalue weighted by Gasteiger charge is 2.27. The number of Topliss-reactive ketones (excluding diaryl/α,β-unsaturated/α-hetero) is 1. The number of aromatic nitrogens is 3. The second kappa shape index (κ2) is 8.05. The summed E-state index contributed by atoms with van der Waals surface area (Å²) in [6.45, 7) is 0. The molecule has 8 heteroatoms. The summed E-state index contributed by atoms with van der Waals surface area (Å²) in [4.78, 5) is 40.3. The standard InChI is InChI=1S/C19H17N5O3/c20-18(26)17(25)15(9-12-5-2-1-3-6-12)23-19(27)14-11-22-24-16(14)13-7-4-8-21-10-13/h1-8,10-11,15H,9H2,(H2,20,26)(H,22,24)(H,23,27). The lowest BCUT2D eigenvalue weighted by atomic mass is 10.0. The lowest BCUT2D eigenvalue weighted by Crippen LogP contribution is -2.47. The monoisotopic (exact) mass is 363 g/mol. The van der Waals surface area contributed by atoms with Gasteiger partial charge >= 0.3 is 0 Å². The zero-order chi connectivity index (χ0) is 19.2. The van der Waals surface area contributed by atoms with Crippen molar-refractivity contribution in [3.05, 3.63) is 72.2 Å². The van der Waals surface area contributed by atoms with Gasteiger partial charge in [-0.2, -0.15) is 5.10 Å². The lowest BCUT2D eigenvalue weighted by molar-refractivity contribution is -0.137. The molecule has 2 heterocycles. The smallest absolute Gasteiger partial charge is 0.287 e. The van der Waals surface area contributed by atoms with Crippen LogP contribution in [0.2, 0.25) is 0 Å². The summed E-state index contributed by atoms with van der Waals surface area (Å²) in [5.74, 6) is -2.51. The molecule has 0 saturated heterocycles. The molecule has 3 aromatic rings. The van der Waals surface area contributed by atoms with E-state index < -0.39 is 23.6 Å². The molecule has 0 bridgehead atoms. The van der Waals surface area contributed by atoms with E-state index in [-0.39, 0.29) is 12.0 Å². The average molecular weight is 363 g/mol. The van der Waals surface area contributed by atoms with Crippen LogP contribution in [0.25, 0.3) is 11.3 Å². The Hall–Kier alpha value is -3.81. The summed E-state index contributed by atoms with van der Waals surface area (Å²) < 4.78 is 0. The molecule has 0 spiro atoms. The highest BCUT2D eigenvalue weighted by molar-refractivity contribution is 6.38. The molecular weight excluding hydrogens is 346 g/mol. The number of ketones is 1. The van der Waals surface area contributed by atoms with Gasteiger partial charge in [-0.05, 0) is 17.7 Å². The van der Waals surface area contributed by atoms with E-state index in [1.807, 2.05) is 6.07 Å². The molecule has 1 aromatic carbocycles. The zero-order valence-electron chi connectivity index (χ0n) is 14.3. The van der Waals surface area contributed by atoms with E-state index in [1.165, 1.54) is 6.20 Å². The Balaban J connectivity index is 1.84. The minimum Gasteiger partial charge on any atom is -0.363 e. The van der Waals surface area contributed by atoms with Crippen LogP contribution in [-0.2, 0) is 16.0 Å². The van der Waals surface area contributed by atoms with Crippen molar-refractivity contribution in [1.82, 2.24) is 20.5 Å². The summed E-state index contributed by atoms with van der Waals surface area (Å²) in [6.07, 6.45) is 4.70. The second-order valence-electron chi connectivity index (χ2n) is 5.84. The van der Waals surface area contributed by atoms with Gasteiger partial charge in [-0.15, -0.1) is 0 Å². The maximum Gasteiger partial charge on any atom is 0.287 e. The van der Waals surface area contributed by atoms with Crippen molar-refractivity contribution in [2.45, 2.75) is 12.5 Å². The molecule has 0 fully saturated rings. The molecule has 27 heavy (non-hydrogen) atoms. The molecule has 0 aliphatic carbocycles. The first-order chi connectivity index (χ1) is 13.1. The van der Waals surface area contributed by atoms with Crippen molar-refractivity contribution in [3.8, 4) is 11.3 Å². The fraction of sp³-hybridized carbons (Fsp3) is 0.105. The Morgan fingerprint density at radius 3 is 2.52 bits per heavy atom. The minimum atomic E-state index is -1.10. The van der Waals surface area contributed by atoms with Gasteiger partial charge in [0.05, 0.1) is 17.5 Å². The highest BCUT2D eigenvalue weighted by atomic mass is 16.2. The van der Waals surface area contributed by atoms with Crippen LogP contribution in [0.5, 0.6) is 0 Å². The minimum absolute atomic E-state index is 0.147. The van der Waals surface area contributed by atoms with E-state index in [1.54, 1.807) is 48.8 Å². The van der Waals surface area contributed by atoms with Gasteiger partial charge < -0.3 is 11.1 Å². The van der Waals surface area contributed by atoms with Crippen molar-refractivity contribution in [1.29, 1.82) is 0 Å². The summed E-state index contributed by atoms with van der Waals surface area (Å²) in [5.41, 5.74) is 7.29. The van der Waals surface area contributed by atoms with E-state index in [0.29, 0.717) is 11.3 Å². The largest absolute Gasteiger partial charge is 0.363 e. The molecule has 0 aliphatic rings. The summed E-state index contributed by atoms with van der Waals surface area (Å²) in [5, 5.41) is 9.24. The number of carbonyl (C=O) groups excluding carboxylic acids is 3. The van der Waals surface area contributed by atoms with E-state index in [0.717, 1.165) is 5.56 Å². The third-order valence-electron chi connectivity index (χ3n) is 3.98. The number of nitrogens with two attached hydrogens (primary N) is 1. The van der Waals surface area contributed by atoms with Crippen molar-refractivity contribution >= 4 is 17.6 Å². The Kier molecular flexibility index (Phi) is 5.36. The third-order valence-corrected chi connectivity index (χ3v) is 3.98. The average Bonchev–Trinajstić information content (AvgIpc) is 3.18. The maximum absolute atomic E-state index is 12.7. The molecule has 2 aromatic heterocycles. The summed E-state index contributed by atoms with van der Waals surface area (Å²) in [6, 6.07) is 11.5. The SMILES string of the molecule is NC(=O)C(=O)C(Cc1ccccc1)NC(=O)c1cn[nH]c1-c1cccnc1. The normalized spacial score (nSPS) is 11.6. The second-order valence-corrected chi connectivity index (χ2v) is 5.84. The number of pyridine rings is 1. The number of nitrogens with zero attached hydrogens (tertiary/aromatic N) is 2. The van der Waals surface area contributed by atoms with Crippen LogP contribution in [-0.4, -0.2) is 38.8 Å². The van der Waals surface area contributed by atoms with E-state index in [9.17, 15) is 14.4 Å². The number of amides is 2. The van der Waals surface area contributed by atoms with Crippen LogP contribution in [0.1, 0.15) is 15.9 Å². The molecule has 1 atom stereocenters. The van der Waals surface area contributed by atoms with Crippen molar-refractivity contribution in [2.24, 2.45) is 5.73 Å². The van der Waals surface area contributed by atoms with E-state index >= 15 is 0 Å². The number of H-pyrrole nitrogens is 1.